The Morgan fingerprint density at radius 2 is 1.52 bits per heavy atom. The van der Waals surface area contributed by atoms with Gasteiger partial charge in [-0.3, -0.25) is 0 Å². The number of fused-ring (bicyclic) bond motifs is 1. The molecule has 0 unspecified atom stereocenters. The minimum atomic E-state index is 0.632. The van der Waals surface area contributed by atoms with Gasteiger partial charge in [0.2, 0.25) is 0 Å². The highest BCUT2D eigenvalue weighted by Crippen LogP contribution is 2.30. The molecule has 2 N–H and O–H groups in total. The molecule has 1 aromatic heterocycles. The minimum absolute atomic E-state index is 0.632. The van der Waals surface area contributed by atoms with Crippen molar-refractivity contribution in [3.63, 3.8) is 0 Å². The van der Waals surface area contributed by atoms with Crippen LogP contribution in [0.25, 0.3) is 10.9 Å². The molecule has 0 fully saturated rings. The number of nitrogens with one attached hydrogen (secondary N) is 2. The molecule has 5 heteroatoms. The van der Waals surface area contributed by atoms with E-state index >= 15 is 0 Å². The summed E-state index contributed by atoms with van der Waals surface area (Å²) in [5, 5.41) is 8.22. The third-order valence-corrected chi connectivity index (χ3v) is 4.14. The zero-order chi connectivity index (χ0) is 17.1. The van der Waals surface area contributed by atoms with Crippen LogP contribution in [0.2, 0.25) is 5.02 Å². The summed E-state index contributed by atoms with van der Waals surface area (Å²) in [5.41, 5.74) is 3.61. The van der Waals surface area contributed by atoms with Crippen molar-refractivity contribution in [2.45, 2.75) is 0 Å². The lowest BCUT2D eigenvalue weighted by Gasteiger charge is -2.12. The molecule has 4 nitrogen and oxygen atoms in total. The normalized spacial score (nSPS) is 10.6. The Morgan fingerprint density at radius 3 is 2.36 bits per heavy atom. The Kier molecular flexibility index (Phi) is 4.19. The highest BCUT2D eigenvalue weighted by atomic mass is 35.5. The third-order valence-electron chi connectivity index (χ3n) is 3.83. The van der Waals surface area contributed by atoms with E-state index in [9.17, 15) is 0 Å². The lowest BCUT2D eigenvalue weighted by atomic mass is 10.2. The maximum atomic E-state index is 6.43. The standard InChI is InChI=1S/C20H15ClN4/c21-17-12-15(10-11-19(17)24-14-6-2-1-3-7-14)25-20-16-8-4-5-9-18(16)22-13-23-20/h1-13,24H,(H,22,23,25). The Bertz CT molecular complexity index is 1010. The third kappa shape index (κ3) is 3.39. The van der Waals surface area contributed by atoms with E-state index in [1.54, 1.807) is 6.33 Å². The van der Waals surface area contributed by atoms with Crippen molar-refractivity contribution in [2.24, 2.45) is 0 Å². The number of aromatic nitrogens is 2. The van der Waals surface area contributed by atoms with Crippen LogP contribution in [0.1, 0.15) is 0 Å². The summed E-state index contributed by atoms with van der Waals surface area (Å²) in [6.45, 7) is 0. The highest BCUT2D eigenvalue weighted by Gasteiger charge is 2.06. The molecule has 0 atom stereocenters. The highest BCUT2D eigenvalue weighted by molar-refractivity contribution is 6.33. The van der Waals surface area contributed by atoms with E-state index in [1.807, 2.05) is 72.8 Å². The Labute approximate surface area is 150 Å². The SMILES string of the molecule is Clc1cc(Nc2ncnc3ccccc23)ccc1Nc1ccccc1. The first kappa shape index (κ1) is 15.4. The van der Waals surface area contributed by atoms with Crippen LogP contribution in [0.15, 0.2) is 79.1 Å². The van der Waals surface area contributed by atoms with Gasteiger partial charge >= 0.3 is 0 Å². The summed E-state index contributed by atoms with van der Waals surface area (Å²) >= 11 is 6.43. The zero-order valence-electron chi connectivity index (χ0n) is 13.3. The molecule has 0 aliphatic heterocycles. The molecule has 0 amide bonds. The van der Waals surface area contributed by atoms with E-state index in [-0.39, 0.29) is 0 Å². The molecule has 0 radical (unpaired) electrons. The quantitative estimate of drug-likeness (QED) is 0.492. The monoisotopic (exact) mass is 346 g/mol. The molecule has 122 valence electrons. The van der Waals surface area contributed by atoms with Crippen LogP contribution in [0.5, 0.6) is 0 Å². The molecule has 25 heavy (non-hydrogen) atoms. The van der Waals surface area contributed by atoms with Gasteiger partial charge in [-0.2, -0.15) is 0 Å². The molecule has 0 saturated heterocycles. The fourth-order valence-corrected chi connectivity index (χ4v) is 2.84. The summed E-state index contributed by atoms with van der Waals surface area (Å²) in [6.07, 6.45) is 1.55. The summed E-state index contributed by atoms with van der Waals surface area (Å²) < 4.78 is 0. The van der Waals surface area contributed by atoms with Crippen LogP contribution < -0.4 is 10.6 Å². The van der Waals surface area contributed by atoms with E-state index < -0.39 is 0 Å². The number of para-hydroxylation sites is 2. The second kappa shape index (κ2) is 6.79. The first-order valence-corrected chi connectivity index (χ1v) is 8.26. The first-order valence-electron chi connectivity index (χ1n) is 7.88. The van der Waals surface area contributed by atoms with E-state index in [0.717, 1.165) is 33.8 Å². The van der Waals surface area contributed by atoms with E-state index in [4.69, 9.17) is 11.6 Å². The molecule has 0 bridgehead atoms. The molecule has 0 aliphatic carbocycles. The van der Waals surface area contributed by atoms with Crippen molar-refractivity contribution in [1.82, 2.24) is 9.97 Å². The van der Waals surface area contributed by atoms with Crippen molar-refractivity contribution in [3.8, 4) is 0 Å². The van der Waals surface area contributed by atoms with Crippen molar-refractivity contribution in [2.75, 3.05) is 10.6 Å². The molecule has 4 rings (SSSR count). The van der Waals surface area contributed by atoms with Gasteiger partial charge in [-0.15, -0.1) is 0 Å². The van der Waals surface area contributed by atoms with E-state index in [0.29, 0.717) is 5.02 Å². The molecule has 4 aromatic rings. The van der Waals surface area contributed by atoms with Gasteiger partial charge in [-0.05, 0) is 42.5 Å². The zero-order valence-corrected chi connectivity index (χ0v) is 14.0. The summed E-state index contributed by atoms with van der Waals surface area (Å²) in [4.78, 5) is 8.62. The summed E-state index contributed by atoms with van der Waals surface area (Å²) in [5.74, 6) is 0.755. The van der Waals surface area contributed by atoms with Gasteiger partial charge in [0.25, 0.3) is 0 Å². The number of hydrogen-bond donors (Lipinski definition) is 2. The number of nitrogens with zero attached hydrogens (tertiary/aromatic N) is 2. The predicted octanol–water partition coefficient (Wildman–Crippen LogP) is 5.77. The second-order valence-corrected chi connectivity index (χ2v) is 5.96. The average Bonchev–Trinajstić information content (AvgIpc) is 2.65. The van der Waals surface area contributed by atoms with Crippen molar-refractivity contribution in [3.05, 3.63) is 84.1 Å². The number of halogens is 1. The van der Waals surface area contributed by atoms with Gasteiger partial charge in [-0.1, -0.05) is 41.9 Å². The van der Waals surface area contributed by atoms with Gasteiger partial charge in [0, 0.05) is 16.8 Å². The van der Waals surface area contributed by atoms with Gasteiger partial charge in [-0.25, -0.2) is 9.97 Å². The van der Waals surface area contributed by atoms with Crippen LogP contribution in [-0.2, 0) is 0 Å². The molecular formula is C20H15ClN4. The molecule has 0 saturated carbocycles. The number of anilines is 4. The fourth-order valence-electron chi connectivity index (χ4n) is 2.61. The van der Waals surface area contributed by atoms with E-state index in [2.05, 4.69) is 20.6 Å². The van der Waals surface area contributed by atoms with Crippen LogP contribution >= 0.6 is 11.6 Å². The largest absolute Gasteiger partial charge is 0.354 e. The molecular weight excluding hydrogens is 332 g/mol. The topological polar surface area (TPSA) is 49.8 Å². The Hall–Kier alpha value is -3.11. The lowest BCUT2D eigenvalue weighted by molar-refractivity contribution is 1.22. The molecule has 3 aromatic carbocycles. The lowest BCUT2D eigenvalue weighted by Crippen LogP contribution is -1.97. The Morgan fingerprint density at radius 1 is 0.720 bits per heavy atom. The van der Waals surface area contributed by atoms with Crippen molar-refractivity contribution >= 4 is 45.4 Å². The average molecular weight is 347 g/mol. The van der Waals surface area contributed by atoms with Crippen LogP contribution in [-0.4, -0.2) is 9.97 Å². The molecule has 0 spiro atoms. The van der Waals surface area contributed by atoms with Gasteiger partial charge < -0.3 is 10.6 Å². The smallest absolute Gasteiger partial charge is 0.141 e. The second-order valence-electron chi connectivity index (χ2n) is 5.55. The number of hydrogen-bond acceptors (Lipinski definition) is 4. The van der Waals surface area contributed by atoms with Gasteiger partial charge in [0.1, 0.15) is 12.1 Å². The fraction of sp³-hybridized carbons (Fsp3) is 0. The van der Waals surface area contributed by atoms with Gasteiger partial charge in [0.15, 0.2) is 0 Å². The maximum absolute atomic E-state index is 6.43. The number of rotatable bonds is 4. The van der Waals surface area contributed by atoms with E-state index in [1.165, 1.54) is 0 Å². The first-order chi connectivity index (χ1) is 12.3. The number of benzene rings is 3. The van der Waals surface area contributed by atoms with Crippen LogP contribution in [0, 0.1) is 0 Å². The van der Waals surface area contributed by atoms with Crippen molar-refractivity contribution in [1.29, 1.82) is 0 Å². The Balaban J connectivity index is 1.60. The molecule has 0 aliphatic rings. The molecule has 1 heterocycles. The summed E-state index contributed by atoms with van der Waals surface area (Å²) in [7, 11) is 0. The van der Waals surface area contributed by atoms with Crippen molar-refractivity contribution < 1.29 is 0 Å². The van der Waals surface area contributed by atoms with Crippen LogP contribution in [0.4, 0.5) is 22.9 Å². The minimum Gasteiger partial charge on any atom is -0.354 e. The predicted molar refractivity (Wildman–Crippen MR) is 104 cm³/mol. The maximum Gasteiger partial charge on any atom is 0.141 e. The van der Waals surface area contributed by atoms with Crippen LogP contribution in [0.3, 0.4) is 0 Å². The van der Waals surface area contributed by atoms with Gasteiger partial charge in [0.05, 0.1) is 16.2 Å². The summed E-state index contributed by atoms with van der Waals surface area (Å²) in [6, 6.07) is 23.6.